The number of fused-ring (bicyclic) bond motifs is 2. The van der Waals surface area contributed by atoms with Crippen LogP contribution in [0.3, 0.4) is 0 Å². The first-order valence-corrected chi connectivity index (χ1v) is 12.7. The highest BCUT2D eigenvalue weighted by Crippen LogP contribution is 2.34. The van der Waals surface area contributed by atoms with Crippen molar-refractivity contribution in [3.63, 3.8) is 0 Å². The Morgan fingerprint density at radius 1 is 1.11 bits per heavy atom. The molecule has 2 heterocycles. The minimum Gasteiger partial charge on any atom is -0.493 e. The summed E-state index contributed by atoms with van der Waals surface area (Å²) in [6.45, 7) is 4.66. The molecule has 190 valence electrons. The summed E-state index contributed by atoms with van der Waals surface area (Å²) in [5, 5.41) is 5.04. The molecular formula is C28H26BrN3O5. The fourth-order valence-electron chi connectivity index (χ4n) is 3.98. The molecule has 0 fully saturated rings. The molecule has 5 rings (SSSR count). The number of hydrogen-bond acceptors (Lipinski definition) is 7. The van der Waals surface area contributed by atoms with Crippen LogP contribution in [0.1, 0.15) is 43.1 Å². The molecule has 4 aromatic rings. The van der Waals surface area contributed by atoms with E-state index in [1.807, 2.05) is 55.5 Å². The Bertz CT molecular complexity index is 1550. The average Bonchev–Trinajstić information content (AvgIpc) is 3.39. The van der Waals surface area contributed by atoms with Crippen LogP contribution in [0.2, 0.25) is 0 Å². The van der Waals surface area contributed by atoms with Crippen LogP contribution in [0.15, 0.2) is 69.0 Å². The molecule has 0 amide bonds. The van der Waals surface area contributed by atoms with Crippen LogP contribution >= 0.6 is 15.9 Å². The number of benzene rings is 3. The number of hydrogen-bond donors (Lipinski definition) is 0. The predicted molar refractivity (Wildman–Crippen MR) is 145 cm³/mol. The zero-order valence-electron chi connectivity index (χ0n) is 20.7. The van der Waals surface area contributed by atoms with Gasteiger partial charge in [0.2, 0.25) is 6.79 Å². The topological polar surface area (TPSA) is 84.2 Å². The van der Waals surface area contributed by atoms with Gasteiger partial charge >= 0.3 is 0 Å². The Morgan fingerprint density at radius 3 is 2.76 bits per heavy atom. The fourth-order valence-corrected chi connectivity index (χ4v) is 4.34. The normalized spacial score (nSPS) is 13.3. The molecule has 9 heteroatoms. The third kappa shape index (κ3) is 5.17. The van der Waals surface area contributed by atoms with Crippen molar-refractivity contribution in [1.82, 2.24) is 9.66 Å². The highest BCUT2D eigenvalue weighted by atomic mass is 79.9. The molecule has 1 atom stereocenters. The first-order chi connectivity index (χ1) is 18.0. The summed E-state index contributed by atoms with van der Waals surface area (Å²) in [5.74, 6) is 3.26. The van der Waals surface area contributed by atoms with Gasteiger partial charge in [-0.15, -0.1) is 0 Å². The third-order valence-corrected chi connectivity index (χ3v) is 6.72. The molecule has 37 heavy (non-hydrogen) atoms. The summed E-state index contributed by atoms with van der Waals surface area (Å²) < 4.78 is 24.6. The predicted octanol–water partition coefficient (Wildman–Crippen LogP) is 5.87. The summed E-state index contributed by atoms with van der Waals surface area (Å²) >= 11 is 3.44. The first-order valence-electron chi connectivity index (χ1n) is 11.9. The molecule has 1 aliphatic heterocycles. The van der Waals surface area contributed by atoms with Crippen LogP contribution in [0.5, 0.6) is 23.0 Å². The van der Waals surface area contributed by atoms with Crippen molar-refractivity contribution >= 4 is 33.0 Å². The van der Waals surface area contributed by atoms with E-state index in [1.165, 1.54) is 4.68 Å². The van der Waals surface area contributed by atoms with Crippen molar-refractivity contribution in [2.45, 2.75) is 32.8 Å². The van der Waals surface area contributed by atoms with E-state index in [2.05, 4.69) is 28.0 Å². The van der Waals surface area contributed by atoms with Gasteiger partial charge in [0.25, 0.3) is 5.56 Å². The Hall–Kier alpha value is -3.85. The van der Waals surface area contributed by atoms with E-state index in [-0.39, 0.29) is 18.3 Å². The zero-order chi connectivity index (χ0) is 25.9. The van der Waals surface area contributed by atoms with Gasteiger partial charge in [-0.25, -0.2) is 4.98 Å². The smallest absolute Gasteiger partial charge is 0.282 e. The number of halogens is 1. The molecule has 0 unspecified atom stereocenters. The van der Waals surface area contributed by atoms with Crippen molar-refractivity contribution in [3.8, 4) is 23.0 Å². The van der Waals surface area contributed by atoms with Crippen LogP contribution in [-0.2, 0) is 6.61 Å². The Labute approximate surface area is 222 Å². The molecular weight excluding hydrogens is 538 g/mol. The average molecular weight is 564 g/mol. The van der Waals surface area contributed by atoms with Crippen molar-refractivity contribution in [1.29, 1.82) is 0 Å². The van der Waals surface area contributed by atoms with Gasteiger partial charge in [0, 0.05) is 10.4 Å². The number of aromatic nitrogens is 2. The molecule has 0 N–H and O–H groups in total. The second-order valence-electron chi connectivity index (χ2n) is 8.69. The van der Waals surface area contributed by atoms with Crippen molar-refractivity contribution < 1.29 is 18.9 Å². The quantitative estimate of drug-likeness (QED) is 0.249. The monoisotopic (exact) mass is 563 g/mol. The molecule has 0 bridgehead atoms. The Balaban J connectivity index is 1.41. The highest BCUT2D eigenvalue weighted by Gasteiger charge is 2.16. The Kier molecular flexibility index (Phi) is 7.14. The SMILES string of the molecule is CC[C@H](C)c1nc2ccc(Br)cc2c(=O)n1N=Cc1ccc(OCc2ccc3c(c2)OCO3)c(OC)c1. The molecule has 1 aliphatic rings. The largest absolute Gasteiger partial charge is 0.493 e. The molecule has 0 radical (unpaired) electrons. The lowest BCUT2D eigenvalue weighted by Crippen LogP contribution is -2.23. The van der Waals surface area contributed by atoms with Crippen LogP contribution in [0.25, 0.3) is 10.9 Å². The molecule has 0 saturated carbocycles. The first kappa shape index (κ1) is 24.8. The van der Waals surface area contributed by atoms with Crippen molar-refractivity contribution in [2.24, 2.45) is 5.10 Å². The van der Waals surface area contributed by atoms with Crippen molar-refractivity contribution in [3.05, 3.63) is 86.4 Å². The van der Waals surface area contributed by atoms with Gasteiger partial charge in [0.1, 0.15) is 12.4 Å². The Morgan fingerprint density at radius 2 is 1.95 bits per heavy atom. The van der Waals surface area contributed by atoms with Gasteiger partial charge in [0.05, 0.1) is 24.2 Å². The molecule has 0 spiro atoms. The maximum absolute atomic E-state index is 13.3. The number of nitrogens with zero attached hydrogens (tertiary/aromatic N) is 3. The molecule has 1 aromatic heterocycles. The lowest BCUT2D eigenvalue weighted by molar-refractivity contribution is 0.174. The van der Waals surface area contributed by atoms with Crippen molar-refractivity contribution in [2.75, 3.05) is 13.9 Å². The summed E-state index contributed by atoms with van der Waals surface area (Å²) in [5.41, 5.74) is 2.14. The molecule has 3 aromatic carbocycles. The maximum atomic E-state index is 13.3. The molecule has 0 saturated heterocycles. The second kappa shape index (κ2) is 10.6. The van der Waals surface area contributed by atoms with E-state index in [1.54, 1.807) is 19.4 Å². The van der Waals surface area contributed by atoms with E-state index in [0.717, 1.165) is 27.8 Å². The van der Waals surface area contributed by atoms with Gasteiger partial charge in [0.15, 0.2) is 23.0 Å². The maximum Gasteiger partial charge on any atom is 0.282 e. The number of rotatable bonds is 8. The van der Waals surface area contributed by atoms with Crippen LogP contribution in [0, 0.1) is 0 Å². The standard InChI is InChI=1S/C28H26BrN3O5/c1-4-17(2)27-31-22-8-7-20(29)13-21(22)28(33)32(27)30-14-18-5-9-23(25(11-18)34-3)35-15-19-6-10-24-26(12-19)37-16-36-24/h5-14,17H,4,15-16H2,1-3H3/t17-/m0/s1. The zero-order valence-corrected chi connectivity index (χ0v) is 22.3. The lowest BCUT2D eigenvalue weighted by Gasteiger charge is -2.14. The second-order valence-corrected chi connectivity index (χ2v) is 9.60. The summed E-state index contributed by atoms with van der Waals surface area (Å²) in [6.07, 6.45) is 2.45. The summed E-state index contributed by atoms with van der Waals surface area (Å²) in [7, 11) is 1.58. The molecule has 8 nitrogen and oxygen atoms in total. The minimum absolute atomic E-state index is 0.0550. The number of methoxy groups -OCH3 is 1. The number of ether oxygens (including phenoxy) is 4. The molecule has 0 aliphatic carbocycles. The summed E-state index contributed by atoms with van der Waals surface area (Å²) in [6, 6.07) is 16.7. The van der Waals surface area contributed by atoms with E-state index < -0.39 is 0 Å². The van der Waals surface area contributed by atoms with Gasteiger partial charge in [-0.1, -0.05) is 35.8 Å². The summed E-state index contributed by atoms with van der Waals surface area (Å²) in [4.78, 5) is 18.1. The third-order valence-electron chi connectivity index (χ3n) is 6.23. The van der Waals surface area contributed by atoms with E-state index in [9.17, 15) is 4.79 Å². The van der Waals surface area contributed by atoms with Crippen LogP contribution < -0.4 is 24.5 Å². The lowest BCUT2D eigenvalue weighted by atomic mass is 10.1. The van der Waals surface area contributed by atoms with E-state index >= 15 is 0 Å². The van der Waals surface area contributed by atoms with Gasteiger partial charge in [-0.2, -0.15) is 9.78 Å². The van der Waals surface area contributed by atoms with Gasteiger partial charge < -0.3 is 18.9 Å². The van der Waals surface area contributed by atoms with Gasteiger partial charge in [-0.05, 0) is 66.1 Å². The van der Waals surface area contributed by atoms with Crippen LogP contribution in [0.4, 0.5) is 0 Å². The van der Waals surface area contributed by atoms with Crippen LogP contribution in [-0.4, -0.2) is 29.8 Å². The van der Waals surface area contributed by atoms with E-state index in [0.29, 0.717) is 40.6 Å². The minimum atomic E-state index is -0.214. The van der Waals surface area contributed by atoms with E-state index in [4.69, 9.17) is 23.9 Å². The highest BCUT2D eigenvalue weighted by molar-refractivity contribution is 9.10. The fraction of sp³-hybridized carbons (Fsp3) is 0.250. The van der Waals surface area contributed by atoms with Gasteiger partial charge in [-0.3, -0.25) is 4.79 Å².